The summed E-state index contributed by atoms with van der Waals surface area (Å²) in [5.41, 5.74) is 1.50. The number of carbonyl (C=O) groups is 1. The summed E-state index contributed by atoms with van der Waals surface area (Å²) in [6.07, 6.45) is -1.60. The third kappa shape index (κ3) is 4.50. The Morgan fingerprint density at radius 2 is 1.92 bits per heavy atom. The highest BCUT2D eigenvalue weighted by Crippen LogP contribution is 2.27. The molecule has 0 radical (unpaired) electrons. The molecule has 0 aliphatic heterocycles. The van der Waals surface area contributed by atoms with Crippen molar-refractivity contribution in [2.24, 2.45) is 5.92 Å². The van der Waals surface area contributed by atoms with E-state index >= 15 is 0 Å². The molecule has 1 heterocycles. The first kappa shape index (κ1) is 18.2. The number of pyridine rings is 1. The van der Waals surface area contributed by atoms with E-state index in [-0.39, 0.29) is 12.5 Å². The normalized spacial score (nSPS) is 24.9. The van der Waals surface area contributed by atoms with Gasteiger partial charge < -0.3 is 25.6 Å². The predicted molar refractivity (Wildman–Crippen MR) is 97.0 cm³/mol. The molecular weight excluding hydrogens is 334 g/mol. The Morgan fingerprint density at radius 3 is 2.65 bits per heavy atom. The number of anilines is 1. The van der Waals surface area contributed by atoms with Crippen molar-refractivity contribution in [3.63, 3.8) is 0 Å². The number of nitrogens with one attached hydrogen (secondary N) is 2. The molecule has 1 aliphatic carbocycles. The van der Waals surface area contributed by atoms with Gasteiger partial charge in [-0.2, -0.15) is 0 Å². The van der Waals surface area contributed by atoms with Gasteiger partial charge in [0.25, 0.3) is 0 Å². The van der Waals surface area contributed by atoms with Crippen LogP contribution in [-0.2, 0) is 0 Å². The van der Waals surface area contributed by atoms with Crippen LogP contribution >= 0.6 is 0 Å². The topological polar surface area (TPSA) is 104 Å². The van der Waals surface area contributed by atoms with E-state index in [1.54, 1.807) is 18.2 Å². The molecule has 138 valence electrons. The van der Waals surface area contributed by atoms with Gasteiger partial charge in [0.05, 0.1) is 18.8 Å². The zero-order chi connectivity index (χ0) is 18.5. The second-order valence-corrected chi connectivity index (χ2v) is 6.48. The van der Waals surface area contributed by atoms with Crippen LogP contribution in [0.5, 0.6) is 5.88 Å². The molecule has 1 aliphatic rings. The summed E-state index contributed by atoms with van der Waals surface area (Å²) < 4.78 is 5.63. The molecule has 1 aromatic heterocycles. The second-order valence-electron chi connectivity index (χ2n) is 6.48. The smallest absolute Gasteiger partial charge is 0.319 e. The van der Waals surface area contributed by atoms with Crippen molar-refractivity contribution in [1.82, 2.24) is 10.3 Å². The highest BCUT2D eigenvalue weighted by molar-refractivity contribution is 5.89. The predicted octanol–water partition coefficient (Wildman–Crippen LogP) is 1.70. The Bertz CT molecular complexity index is 741. The molecular formula is C19H23N3O4. The fraction of sp³-hybridized carbons (Fsp3) is 0.368. The SMILES string of the molecule is Cc1cccc(OCC2CC(NC(=O)Nc3ccccc3)C(O)C2O)n1. The molecule has 4 N–H and O–H groups in total. The van der Waals surface area contributed by atoms with Gasteiger partial charge in [-0.05, 0) is 31.5 Å². The zero-order valence-corrected chi connectivity index (χ0v) is 14.5. The number of carbonyl (C=O) groups excluding carboxylic acids is 1. The van der Waals surface area contributed by atoms with Crippen LogP contribution in [0.15, 0.2) is 48.5 Å². The van der Waals surface area contributed by atoms with E-state index in [0.29, 0.717) is 18.0 Å². The molecule has 7 nitrogen and oxygen atoms in total. The number of nitrogens with zero attached hydrogens (tertiary/aromatic N) is 1. The molecule has 4 unspecified atom stereocenters. The summed E-state index contributed by atoms with van der Waals surface area (Å²) in [6.45, 7) is 2.08. The van der Waals surface area contributed by atoms with Crippen LogP contribution in [0.2, 0.25) is 0 Å². The molecule has 2 aromatic rings. The Hall–Kier alpha value is -2.64. The Balaban J connectivity index is 1.52. The van der Waals surface area contributed by atoms with Gasteiger partial charge in [-0.25, -0.2) is 9.78 Å². The van der Waals surface area contributed by atoms with Gasteiger partial charge in [0, 0.05) is 23.4 Å². The van der Waals surface area contributed by atoms with Crippen molar-refractivity contribution < 1.29 is 19.7 Å². The Morgan fingerprint density at radius 1 is 1.15 bits per heavy atom. The van der Waals surface area contributed by atoms with Gasteiger partial charge in [-0.3, -0.25) is 0 Å². The fourth-order valence-electron chi connectivity index (χ4n) is 3.08. The molecule has 2 amide bonds. The molecule has 7 heteroatoms. The maximum absolute atomic E-state index is 12.1. The van der Waals surface area contributed by atoms with Gasteiger partial charge in [-0.15, -0.1) is 0 Å². The third-order valence-electron chi connectivity index (χ3n) is 4.46. The maximum Gasteiger partial charge on any atom is 0.319 e. The number of aliphatic hydroxyl groups is 2. The second kappa shape index (κ2) is 8.16. The number of aliphatic hydroxyl groups excluding tert-OH is 2. The first-order valence-corrected chi connectivity index (χ1v) is 8.58. The van der Waals surface area contributed by atoms with Crippen LogP contribution in [0.25, 0.3) is 0 Å². The van der Waals surface area contributed by atoms with Gasteiger partial charge in [0.1, 0.15) is 6.10 Å². The maximum atomic E-state index is 12.1. The molecule has 0 bridgehead atoms. The standard InChI is InChI=1S/C19H23N3O4/c1-12-6-5-9-16(20-12)26-11-13-10-15(18(24)17(13)23)22-19(25)21-14-7-3-2-4-8-14/h2-9,13,15,17-18,23-24H,10-11H2,1H3,(H2,21,22,25). The van der Waals surface area contributed by atoms with E-state index in [2.05, 4.69) is 15.6 Å². The summed E-state index contributed by atoms with van der Waals surface area (Å²) in [4.78, 5) is 16.3. The van der Waals surface area contributed by atoms with E-state index in [9.17, 15) is 15.0 Å². The Labute approximate surface area is 152 Å². The van der Waals surface area contributed by atoms with Crippen molar-refractivity contribution in [2.45, 2.75) is 31.6 Å². The minimum atomic E-state index is -1.05. The van der Waals surface area contributed by atoms with Gasteiger partial charge in [-0.1, -0.05) is 24.3 Å². The number of benzene rings is 1. The largest absolute Gasteiger partial charge is 0.477 e. The van der Waals surface area contributed by atoms with E-state index in [4.69, 9.17) is 4.74 Å². The average molecular weight is 357 g/mol. The number of amides is 2. The molecule has 1 aromatic carbocycles. The number of rotatable bonds is 5. The summed E-state index contributed by atoms with van der Waals surface area (Å²) in [6, 6.07) is 13.5. The van der Waals surface area contributed by atoms with Crippen LogP contribution < -0.4 is 15.4 Å². The van der Waals surface area contributed by atoms with Gasteiger partial charge >= 0.3 is 6.03 Å². The van der Waals surface area contributed by atoms with E-state index in [1.165, 1.54) is 0 Å². The number of hydrogen-bond acceptors (Lipinski definition) is 5. The quantitative estimate of drug-likeness (QED) is 0.652. The minimum absolute atomic E-state index is 0.215. The van der Waals surface area contributed by atoms with Crippen molar-refractivity contribution in [2.75, 3.05) is 11.9 Å². The molecule has 0 spiro atoms. The number of aromatic nitrogens is 1. The van der Waals surface area contributed by atoms with Crippen molar-refractivity contribution in [1.29, 1.82) is 0 Å². The van der Waals surface area contributed by atoms with Crippen molar-refractivity contribution in [3.05, 3.63) is 54.2 Å². The van der Waals surface area contributed by atoms with E-state index in [0.717, 1.165) is 5.69 Å². The first-order chi connectivity index (χ1) is 12.5. The lowest BCUT2D eigenvalue weighted by atomic mass is 10.1. The molecule has 1 saturated carbocycles. The summed E-state index contributed by atoms with van der Waals surface area (Å²) in [5.74, 6) is 0.180. The highest BCUT2D eigenvalue weighted by Gasteiger charge is 2.42. The lowest BCUT2D eigenvalue weighted by Crippen LogP contribution is -2.44. The first-order valence-electron chi connectivity index (χ1n) is 8.58. The van der Waals surface area contributed by atoms with Crippen LogP contribution in [0, 0.1) is 12.8 Å². The third-order valence-corrected chi connectivity index (χ3v) is 4.46. The number of ether oxygens (including phenoxy) is 1. The van der Waals surface area contributed by atoms with E-state index < -0.39 is 24.3 Å². The van der Waals surface area contributed by atoms with Gasteiger partial charge in [0.2, 0.25) is 5.88 Å². The molecule has 0 saturated heterocycles. The average Bonchev–Trinajstić information content (AvgIpc) is 2.89. The lowest BCUT2D eigenvalue weighted by Gasteiger charge is -2.18. The number of urea groups is 1. The minimum Gasteiger partial charge on any atom is -0.477 e. The van der Waals surface area contributed by atoms with Crippen LogP contribution in [0.1, 0.15) is 12.1 Å². The highest BCUT2D eigenvalue weighted by atomic mass is 16.5. The number of para-hydroxylation sites is 1. The monoisotopic (exact) mass is 357 g/mol. The van der Waals surface area contributed by atoms with Crippen LogP contribution in [0.3, 0.4) is 0 Å². The number of aryl methyl sites for hydroxylation is 1. The summed E-state index contributed by atoms with van der Waals surface area (Å²) in [5, 5.41) is 25.9. The van der Waals surface area contributed by atoms with Crippen LogP contribution in [-0.4, -0.2) is 46.1 Å². The Kier molecular flexibility index (Phi) is 5.70. The summed E-state index contributed by atoms with van der Waals surface area (Å²) >= 11 is 0. The van der Waals surface area contributed by atoms with Crippen molar-refractivity contribution >= 4 is 11.7 Å². The molecule has 4 atom stereocenters. The number of hydrogen-bond donors (Lipinski definition) is 4. The molecule has 3 rings (SSSR count). The molecule has 26 heavy (non-hydrogen) atoms. The van der Waals surface area contributed by atoms with Gasteiger partial charge in [0.15, 0.2) is 0 Å². The lowest BCUT2D eigenvalue weighted by molar-refractivity contribution is 0.00308. The van der Waals surface area contributed by atoms with Crippen molar-refractivity contribution in [3.8, 4) is 5.88 Å². The molecule has 1 fully saturated rings. The van der Waals surface area contributed by atoms with Crippen LogP contribution in [0.4, 0.5) is 10.5 Å². The summed E-state index contributed by atoms with van der Waals surface area (Å²) in [7, 11) is 0. The zero-order valence-electron chi connectivity index (χ0n) is 14.5. The fourth-order valence-corrected chi connectivity index (χ4v) is 3.08. The van der Waals surface area contributed by atoms with E-state index in [1.807, 2.05) is 37.3 Å².